The van der Waals surface area contributed by atoms with Gasteiger partial charge in [-0.15, -0.1) is 11.3 Å². The van der Waals surface area contributed by atoms with E-state index in [0.717, 1.165) is 16.5 Å². The first-order valence-corrected chi connectivity index (χ1v) is 10.5. The van der Waals surface area contributed by atoms with Crippen molar-refractivity contribution in [2.24, 2.45) is 5.92 Å². The molecule has 2 aromatic rings. The average Bonchev–Trinajstić information content (AvgIpc) is 3.01. The van der Waals surface area contributed by atoms with E-state index in [1.165, 1.54) is 16.7 Å². The first kappa shape index (κ1) is 21.4. The van der Waals surface area contributed by atoms with Crippen molar-refractivity contribution in [2.45, 2.75) is 74.1 Å². The molecular formula is C22H32N2O2S. The highest BCUT2D eigenvalue weighted by atomic mass is 32.1. The Hall–Kier alpha value is -1.88. The Balaban J connectivity index is 2.02. The summed E-state index contributed by atoms with van der Waals surface area (Å²) in [6.07, 6.45) is 0.574. The van der Waals surface area contributed by atoms with Gasteiger partial charge >= 0.3 is 0 Å². The third-order valence-corrected chi connectivity index (χ3v) is 5.44. The van der Waals surface area contributed by atoms with Crippen LogP contribution >= 0.6 is 11.3 Å². The highest BCUT2D eigenvalue weighted by Gasteiger charge is 2.19. The SMILES string of the molecule is Cc1cc(C)c(C)c(OCc2nc(CN(C(=O)CC(C)C)C(C)C)cs2)c1. The molecule has 1 aromatic carbocycles. The number of amides is 1. The van der Waals surface area contributed by atoms with Crippen LogP contribution in [-0.2, 0) is 17.9 Å². The summed E-state index contributed by atoms with van der Waals surface area (Å²) in [7, 11) is 0. The van der Waals surface area contributed by atoms with E-state index >= 15 is 0 Å². The Morgan fingerprint density at radius 2 is 1.89 bits per heavy atom. The fourth-order valence-electron chi connectivity index (χ4n) is 2.98. The zero-order valence-corrected chi connectivity index (χ0v) is 18.4. The summed E-state index contributed by atoms with van der Waals surface area (Å²) in [6, 6.07) is 4.40. The molecule has 1 aromatic heterocycles. The number of aromatic nitrogens is 1. The van der Waals surface area contributed by atoms with E-state index in [2.05, 4.69) is 65.6 Å². The summed E-state index contributed by atoms with van der Waals surface area (Å²) >= 11 is 1.59. The van der Waals surface area contributed by atoms with Crippen LogP contribution in [0.1, 0.15) is 61.5 Å². The predicted octanol–water partition coefficient (Wildman–Crippen LogP) is 5.43. The number of carbonyl (C=O) groups excluding carboxylic acids is 1. The lowest BCUT2D eigenvalue weighted by atomic mass is 10.1. The van der Waals surface area contributed by atoms with Gasteiger partial charge in [0.25, 0.3) is 0 Å². The van der Waals surface area contributed by atoms with Crippen molar-refractivity contribution in [2.75, 3.05) is 0 Å². The number of aryl methyl sites for hydroxylation is 2. The normalized spacial score (nSPS) is 11.3. The zero-order valence-electron chi connectivity index (χ0n) is 17.6. The molecule has 0 aliphatic heterocycles. The van der Waals surface area contributed by atoms with Crippen molar-refractivity contribution in [1.29, 1.82) is 0 Å². The molecule has 1 amide bonds. The quantitative estimate of drug-likeness (QED) is 0.605. The van der Waals surface area contributed by atoms with Gasteiger partial charge in [-0.25, -0.2) is 4.98 Å². The number of nitrogens with zero attached hydrogens (tertiary/aromatic N) is 2. The summed E-state index contributed by atoms with van der Waals surface area (Å²) in [5.74, 6) is 1.47. The van der Waals surface area contributed by atoms with Gasteiger partial charge in [0.15, 0.2) is 0 Å². The van der Waals surface area contributed by atoms with E-state index < -0.39 is 0 Å². The van der Waals surface area contributed by atoms with Crippen molar-refractivity contribution >= 4 is 17.2 Å². The van der Waals surface area contributed by atoms with Gasteiger partial charge in [0, 0.05) is 17.8 Å². The minimum absolute atomic E-state index is 0.163. The van der Waals surface area contributed by atoms with Crippen molar-refractivity contribution in [3.63, 3.8) is 0 Å². The summed E-state index contributed by atoms with van der Waals surface area (Å²) < 4.78 is 6.02. The molecule has 2 rings (SSSR count). The van der Waals surface area contributed by atoms with E-state index in [1.807, 2.05) is 10.3 Å². The molecule has 1 heterocycles. The van der Waals surface area contributed by atoms with Crippen LogP contribution in [0.25, 0.3) is 0 Å². The maximum absolute atomic E-state index is 12.5. The number of rotatable bonds is 8. The molecule has 0 atom stereocenters. The van der Waals surface area contributed by atoms with E-state index in [0.29, 0.717) is 25.5 Å². The number of hydrogen-bond acceptors (Lipinski definition) is 4. The van der Waals surface area contributed by atoms with Gasteiger partial charge in [0.1, 0.15) is 17.4 Å². The molecule has 0 bridgehead atoms. The second kappa shape index (κ2) is 9.36. The van der Waals surface area contributed by atoms with Gasteiger partial charge in [-0.3, -0.25) is 4.79 Å². The molecule has 4 nitrogen and oxygen atoms in total. The summed E-state index contributed by atoms with van der Waals surface area (Å²) in [5.41, 5.74) is 4.54. The standard InChI is InChI=1S/C22H32N2O2S/c1-14(2)8-22(25)24(15(3)4)11-19-13-27-21(23-19)12-26-20-10-16(5)9-17(6)18(20)7/h9-10,13-15H,8,11-12H2,1-7H3. The molecule has 27 heavy (non-hydrogen) atoms. The Morgan fingerprint density at radius 3 is 2.52 bits per heavy atom. The fraction of sp³-hybridized carbons (Fsp3) is 0.545. The lowest BCUT2D eigenvalue weighted by Gasteiger charge is -2.26. The average molecular weight is 389 g/mol. The zero-order chi connectivity index (χ0) is 20.1. The van der Waals surface area contributed by atoms with Crippen LogP contribution in [-0.4, -0.2) is 21.8 Å². The van der Waals surface area contributed by atoms with Crippen LogP contribution in [0.4, 0.5) is 0 Å². The lowest BCUT2D eigenvalue weighted by molar-refractivity contribution is -0.134. The predicted molar refractivity (Wildman–Crippen MR) is 112 cm³/mol. The smallest absolute Gasteiger partial charge is 0.223 e. The fourth-order valence-corrected chi connectivity index (χ4v) is 3.67. The van der Waals surface area contributed by atoms with E-state index in [-0.39, 0.29) is 11.9 Å². The molecular weight excluding hydrogens is 356 g/mol. The maximum Gasteiger partial charge on any atom is 0.223 e. The van der Waals surface area contributed by atoms with E-state index in [9.17, 15) is 4.79 Å². The molecule has 0 saturated carbocycles. The molecule has 5 heteroatoms. The summed E-state index contributed by atoms with van der Waals surface area (Å²) in [5, 5.41) is 2.97. The highest BCUT2D eigenvalue weighted by Crippen LogP contribution is 2.25. The monoisotopic (exact) mass is 388 g/mol. The van der Waals surface area contributed by atoms with E-state index in [4.69, 9.17) is 4.74 Å². The maximum atomic E-state index is 12.5. The first-order valence-electron chi connectivity index (χ1n) is 9.60. The Kier molecular flexibility index (Phi) is 7.42. The Bertz CT molecular complexity index is 781. The third kappa shape index (κ3) is 6.06. The number of benzene rings is 1. The van der Waals surface area contributed by atoms with Gasteiger partial charge in [-0.2, -0.15) is 0 Å². The second-order valence-corrected chi connectivity index (χ2v) is 8.88. The van der Waals surface area contributed by atoms with Crippen LogP contribution in [0.3, 0.4) is 0 Å². The van der Waals surface area contributed by atoms with Gasteiger partial charge in [-0.05, 0) is 63.3 Å². The van der Waals surface area contributed by atoms with Crippen LogP contribution in [0.2, 0.25) is 0 Å². The highest BCUT2D eigenvalue weighted by molar-refractivity contribution is 7.09. The minimum atomic E-state index is 0.163. The first-order chi connectivity index (χ1) is 12.7. The van der Waals surface area contributed by atoms with Crippen molar-refractivity contribution in [3.8, 4) is 5.75 Å². The van der Waals surface area contributed by atoms with Gasteiger partial charge in [-0.1, -0.05) is 19.9 Å². The number of ether oxygens (including phenoxy) is 1. The largest absolute Gasteiger partial charge is 0.486 e. The summed E-state index contributed by atoms with van der Waals surface area (Å²) in [4.78, 5) is 19.1. The van der Waals surface area contributed by atoms with Crippen molar-refractivity contribution < 1.29 is 9.53 Å². The lowest BCUT2D eigenvalue weighted by Crippen LogP contribution is -2.37. The van der Waals surface area contributed by atoms with Gasteiger partial charge in [0.2, 0.25) is 5.91 Å². The second-order valence-electron chi connectivity index (χ2n) is 7.94. The third-order valence-electron chi connectivity index (χ3n) is 4.57. The van der Waals surface area contributed by atoms with E-state index in [1.54, 1.807) is 11.3 Å². The molecule has 0 aliphatic rings. The van der Waals surface area contributed by atoms with Crippen LogP contribution in [0.15, 0.2) is 17.5 Å². The Morgan fingerprint density at radius 1 is 1.19 bits per heavy atom. The number of carbonyl (C=O) groups is 1. The molecule has 0 aliphatic carbocycles. The summed E-state index contributed by atoms with van der Waals surface area (Å²) in [6.45, 7) is 15.5. The van der Waals surface area contributed by atoms with Crippen molar-refractivity contribution in [3.05, 3.63) is 44.9 Å². The topological polar surface area (TPSA) is 42.4 Å². The van der Waals surface area contributed by atoms with Gasteiger partial charge < -0.3 is 9.64 Å². The molecule has 148 valence electrons. The molecule has 0 spiro atoms. The molecule has 0 fully saturated rings. The van der Waals surface area contributed by atoms with Crippen LogP contribution < -0.4 is 4.74 Å². The van der Waals surface area contributed by atoms with Crippen LogP contribution in [0.5, 0.6) is 5.75 Å². The minimum Gasteiger partial charge on any atom is -0.486 e. The molecule has 0 N–H and O–H groups in total. The Labute approximate surface area is 167 Å². The molecule has 0 unspecified atom stereocenters. The molecule has 0 radical (unpaired) electrons. The number of thiazole rings is 1. The molecule has 0 saturated heterocycles. The van der Waals surface area contributed by atoms with Gasteiger partial charge in [0.05, 0.1) is 12.2 Å². The van der Waals surface area contributed by atoms with Crippen LogP contribution in [0, 0.1) is 26.7 Å². The number of hydrogen-bond donors (Lipinski definition) is 0. The van der Waals surface area contributed by atoms with Crippen molar-refractivity contribution in [1.82, 2.24) is 9.88 Å².